The zero-order chi connectivity index (χ0) is 17.4. The molecule has 2 aromatic rings. The molecule has 5 heteroatoms. The molecule has 1 N–H and O–H groups in total. The van der Waals surface area contributed by atoms with Crippen molar-refractivity contribution < 1.29 is 19.1 Å². The van der Waals surface area contributed by atoms with Crippen LogP contribution in [0.1, 0.15) is 40.5 Å². The Morgan fingerprint density at radius 1 is 1.00 bits per heavy atom. The molecular weight excluding hydrogens is 306 g/mol. The van der Waals surface area contributed by atoms with Gasteiger partial charge in [0.1, 0.15) is 5.75 Å². The van der Waals surface area contributed by atoms with Crippen molar-refractivity contribution in [3.8, 4) is 5.75 Å². The molecule has 0 aromatic heterocycles. The molecule has 0 spiro atoms. The van der Waals surface area contributed by atoms with E-state index in [2.05, 4.69) is 12.2 Å². The van der Waals surface area contributed by atoms with Crippen molar-refractivity contribution in [1.82, 2.24) is 0 Å². The Labute approximate surface area is 141 Å². The topological polar surface area (TPSA) is 64.6 Å². The van der Waals surface area contributed by atoms with Gasteiger partial charge < -0.3 is 14.8 Å². The molecule has 0 radical (unpaired) electrons. The third-order valence-electron chi connectivity index (χ3n) is 3.47. The van der Waals surface area contributed by atoms with Gasteiger partial charge in [-0.2, -0.15) is 0 Å². The van der Waals surface area contributed by atoms with Gasteiger partial charge in [-0.05, 0) is 30.7 Å². The van der Waals surface area contributed by atoms with Crippen molar-refractivity contribution in [3.05, 3.63) is 59.7 Å². The quantitative estimate of drug-likeness (QED) is 0.619. The van der Waals surface area contributed by atoms with Gasteiger partial charge in [0.05, 0.1) is 30.5 Å². The highest BCUT2D eigenvalue weighted by molar-refractivity contribution is 6.09. The SMILES string of the molecule is CCCCOc1ccccc1C(=O)Nc1ccccc1C(=O)OC. The number of carbonyl (C=O) groups excluding carboxylic acids is 2. The second-order valence-corrected chi connectivity index (χ2v) is 5.19. The molecule has 0 aliphatic carbocycles. The minimum absolute atomic E-state index is 0.303. The lowest BCUT2D eigenvalue weighted by molar-refractivity contribution is 0.0602. The van der Waals surface area contributed by atoms with E-state index in [0.717, 1.165) is 12.8 Å². The number of hydrogen-bond acceptors (Lipinski definition) is 4. The number of methoxy groups -OCH3 is 1. The number of unbranched alkanes of at least 4 members (excludes halogenated alkanes) is 1. The van der Waals surface area contributed by atoms with Gasteiger partial charge in [-0.15, -0.1) is 0 Å². The number of ether oxygens (including phenoxy) is 2. The second kappa shape index (κ2) is 8.72. The third kappa shape index (κ3) is 4.35. The Bertz CT molecular complexity index is 712. The van der Waals surface area contributed by atoms with Crippen molar-refractivity contribution in [2.45, 2.75) is 19.8 Å². The van der Waals surface area contributed by atoms with Crippen LogP contribution in [-0.4, -0.2) is 25.6 Å². The molecule has 0 aliphatic rings. The number of benzene rings is 2. The maximum atomic E-state index is 12.6. The van der Waals surface area contributed by atoms with Crippen molar-refractivity contribution in [2.24, 2.45) is 0 Å². The molecule has 0 heterocycles. The van der Waals surface area contributed by atoms with Gasteiger partial charge in [0.15, 0.2) is 0 Å². The van der Waals surface area contributed by atoms with Crippen LogP contribution in [0.3, 0.4) is 0 Å². The van der Waals surface area contributed by atoms with Crippen LogP contribution in [-0.2, 0) is 4.74 Å². The number of amides is 1. The van der Waals surface area contributed by atoms with Gasteiger partial charge in [-0.3, -0.25) is 4.79 Å². The maximum absolute atomic E-state index is 12.6. The first-order chi connectivity index (χ1) is 11.7. The van der Waals surface area contributed by atoms with E-state index in [9.17, 15) is 9.59 Å². The van der Waals surface area contributed by atoms with E-state index >= 15 is 0 Å². The van der Waals surface area contributed by atoms with E-state index in [-0.39, 0.29) is 5.91 Å². The van der Waals surface area contributed by atoms with Crippen molar-refractivity contribution in [3.63, 3.8) is 0 Å². The summed E-state index contributed by atoms with van der Waals surface area (Å²) in [5.74, 6) is -0.309. The molecule has 0 saturated heterocycles. The zero-order valence-corrected chi connectivity index (χ0v) is 13.9. The average Bonchev–Trinajstić information content (AvgIpc) is 2.62. The number of anilines is 1. The second-order valence-electron chi connectivity index (χ2n) is 5.19. The smallest absolute Gasteiger partial charge is 0.339 e. The van der Waals surface area contributed by atoms with E-state index in [1.807, 2.05) is 6.07 Å². The van der Waals surface area contributed by atoms with Gasteiger partial charge in [0.2, 0.25) is 0 Å². The standard InChI is InChI=1S/C19H21NO4/c1-3-4-13-24-17-12-8-6-10-15(17)18(21)20-16-11-7-5-9-14(16)19(22)23-2/h5-12H,3-4,13H2,1-2H3,(H,20,21). The number of carbonyl (C=O) groups is 2. The lowest BCUT2D eigenvalue weighted by atomic mass is 10.1. The largest absolute Gasteiger partial charge is 0.493 e. The predicted octanol–water partition coefficient (Wildman–Crippen LogP) is 3.90. The third-order valence-corrected chi connectivity index (χ3v) is 3.47. The van der Waals surface area contributed by atoms with Crippen LogP contribution >= 0.6 is 0 Å². The summed E-state index contributed by atoms with van der Waals surface area (Å²) in [4.78, 5) is 24.4. The number of nitrogens with one attached hydrogen (secondary N) is 1. The first-order valence-corrected chi connectivity index (χ1v) is 7.88. The van der Waals surface area contributed by atoms with Crippen LogP contribution in [0, 0.1) is 0 Å². The normalized spacial score (nSPS) is 10.1. The minimum Gasteiger partial charge on any atom is -0.493 e. The van der Waals surface area contributed by atoms with Crippen molar-refractivity contribution >= 4 is 17.6 Å². The van der Waals surface area contributed by atoms with Crippen molar-refractivity contribution in [1.29, 1.82) is 0 Å². The molecule has 5 nitrogen and oxygen atoms in total. The fourth-order valence-electron chi connectivity index (χ4n) is 2.18. The summed E-state index contributed by atoms with van der Waals surface area (Å²) >= 11 is 0. The molecule has 2 rings (SSSR count). The summed E-state index contributed by atoms with van der Waals surface area (Å²) in [7, 11) is 1.30. The van der Waals surface area contributed by atoms with E-state index in [1.165, 1.54) is 7.11 Å². The Morgan fingerprint density at radius 3 is 2.38 bits per heavy atom. The Kier molecular flexibility index (Phi) is 6.37. The molecular formula is C19H21NO4. The molecule has 126 valence electrons. The molecule has 0 bridgehead atoms. The molecule has 0 aliphatic heterocycles. The molecule has 0 fully saturated rings. The predicted molar refractivity (Wildman–Crippen MR) is 92.6 cm³/mol. The van der Waals surface area contributed by atoms with Gasteiger partial charge >= 0.3 is 5.97 Å². The van der Waals surface area contributed by atoms with E-state index < -0.39 is 5.97 Å². The fourth-order valence-corrected chi connectivity index (χ4v) is 2.18. The van der Waals surface area contributed by atoms with Crippen LogP contribution in [0.5, 0.6) is 5.75 Å². The molecule has 2 aromatic carbocycles. The number of hydrogen-bond donors (Lipinski definition) is 1. The first-order valence-electron chi connectivity index (χ1n) is 7.88. The molecule has 0 saturated carbocycles. The monoisotopic (exact) mass is 327 g/mol. The van der Waals surface area contributed by atoms with Crippen molar-refractivity contribution in [2.75, 3.05) is 19.0 Å². The van der Waals surface area contributed by atoms with Gasteiger partial charge in [-0.25, -0.2) is 4.79 Å². The lowest BCUT2D eigenvalue weighted by Gasteiger charge is -2.13. The molecule has 0 atom stereocenters. The zero-order valence-electron chi connectivity index (χ0n) is 13.9. The Hall–Kier alpha value is -2.82. The summed E-state index contributed by atoms with van der Waals surface area (Å²) in [6.45, 7) is 2.63. The number of rotatable bonds is 7. The Balaban J connectivity index is 2.20. The van der Waals surface area contributed by atoms with E-state index in [1.54, 1.807) is 42.5 Å². The average molecular weight is 327 g/mol. The number of esters is 1. The van der Waals surface area contributed by atoms with Gasteiger partial charge in [0, 0.05) is 0 Å². The van der Waals surface area contributed by atoms with E-state index in [0.29, 0.717) is 29.2 Å². The Morgan fingerprint density at radius 2 is 1.67 bits per heavy atom. The molecule has 1 amide bonds. The summed E-state index contributed by atoms with van der Waals surface area (Å²) in [5, 5.41) is 2.75. The van der Waals surface area contributed by atoms with Crippen LogP contribution in [0.25, 0.3) is 0 Å². The van der Waals surface area contributed by atoms with Gasteiger partial charge in [-0.1, -0.05) is 37.6 Å². The number of para-hydroxylation sites is 2. The van der Waals surface area contributed by atoms with Crippen LogP contribution in [0.4, 0.5) is 5.69 Å². The highest BCUT2D eigenvalue weighted by atomic mass is 16.5. The first kappa shape index (κ1) is 17.5. The van der Waals surface area contributed by atoms with Crippen LogP contribution in [0.2, 0.25) is 0 Å². The summed E-state index contributed by atoms with van der Waals surface area (Å²) in [5.41, 5.74) is 1.13. The van der Waals surface area contributed by atoms with Crippen LogP contribution in [0.15, 0.2) is 48.5 Å². The highest BCUT2D eigenvalue weighted by Crippen LogP contribution is 2.22. The maximum Gasteiger partial charge on any atom is 0.339 e. The minimum atomic E-state index is -0.501. The van der Waals surface area contributed by atoms with E-state index in [4.69, 9.17) is 9.47 Å². The molecule has 0 unspecified atom stereocenters. The molecule has 24 heavy (non-hydrogen) atoms. The lowest BCUT2D eigenvalue weighted by Crippen LogP contribution is -2.16. The van der Waals surface area contributed by atoms with Crippen LogP contribution < -0.4 is 10.1 Å². The summed E-state index contributed by atoms with van der Waals surface area (Å²) in [6.07, 6.45) is 1.93. The highest BCUT2D eigenvalue weighted by Gasteiger charge is 2.16. The van der Waals surface area contributed by atoms with Gasteiger partial charge in [0.25, 0.3) is 5.91 Å². The fraction of sp³-hybridized carbons (Fsp3) is 0.263. The summed E-state index contributed by atoms with van der Waals surface area (Å²) in [6, 6.07) is 13.8. The summed E-state index contributed by atoms with van der Waals surface area (Å²) < 4.78 is 10.4.